The molecule has 0 saturated heterocycles. The van der Waals surface area contributed by atoms with Gasteiger partial charge in [0, 0.05) is 27.6 Å². The maximum atomic E-state index is 12.1. The zero-order valence-corrected chi connectivity index (χ0v) is 17.9. The Labute approximate surface area is 192 Å². The summed E-state index contributed by atoms with van der Waals surface area (Å²) in [4.78, 5) is 0. The molecular formula is C31H21NO. The monoisotopic (exact) mass is 423 g/mol. The van der Waals surface area contributed by atoms with Crippen LogP contribution in [0.25, 0.3) is 38.6 Å². The molecule has 0 saturated carbocycles. The number of nitrogens with zero attached hydrogens (tertiary/aromatic N) is 1. The standard InChI is InChI=1S/C31H21NO/c33-31(27-13-5-1-9-23(27)24-10-2-6-14-28(24)31)21-17-19-22(20-18-21)32-29-15-7-3-11-25(29)26-12-4-8-16-30(26)32/h1-20,33H. The van der Waals surface area contributed by atoms with Crippen molar-refractivity contribution in [1.82, 2.24) is 4.57 Å². The smallest absolute Gasteiger partial charge is 0.141 e. The predicted molar refractivity (Wildman–Crippen MR) is 135 cm³/mol. The van der Waals surface area contributed by atoms with E-state index < -0.39 is 5.60 Å². The van der Waals surface area contributed by atoms with Gasteiger partial charge in [-0.3, -0.25) is 0 Å². The summed E-state index contributed by atoms with van der Waals surface area (Å²) in [5.74, 6) is 0. The molecule has 33 heavy (non-hydrogen) atoms. The lowest BCUT2D eigenvalue weighted by Crippen LogP contribution is -2.26. The normalized spacial score (nSPS) is 13.8. The Morgan fingerprint density at radius 3 is 1.48 bits per heavy atom. The zero-order chi connectivity index (χ0) is 22.0. The average molecular weight is 424 g/mol. The molecule has 0 aliphatic heterocycles. The molecule has 156 valence electrons. The third-order valence-corrected chi connectivity index (χ3v) is 7.05. The lowest BCUT2D eigenvalue weighted by Gasteiger charge is -2.27. The van der Waals surface area contributed by atoms with E-state index in [9.17, 15) is 5.11 Å². The molecule has 1 aliphatic rings. The van der Waals surface area contributed by atoms with Gasteiger partial charge in [-0.1, -0.05) is 97.1 Å². The van der Waals surface area contributed by atoms with Gasteiger partial charge in [0.15, 0.2) is 0 Å². The third kappa shape index (κ3) is 2.41. The zero-order valence-electron chi connectivity index (χ0n) is 17.9. The van der Waals surface area contributed by atoms with Crippen LogP contribution in [0.2, 0.25) is 0 Å². The van der Waals surface area contributed by atoms with Crippen molar-refractivity contribution in [2.75, 3.05) is 0 Å². The molecule has 2 heteroatoms. The van der Waals surface area contributed by atoms with E-state index in [1.165, 1.54) is 21.8 Å². The second-order valence-electron chi connectivity index (χ2n) is 8.72. The van der Waals surface area contributed by atoms with Gasteiger partial charge in [0.1, 0.15) is 5.60 Å². The minimum Gasteiger partial charge on any atom is -0.376 e. The molecule has 2 nitrogen and oxygen atoms in total. The number of aliphatic hydroxyl groups is 1. The van der Waals surface area contributed by atoms with Gasteiger partial charge in [-0.25, -0.2) is 0 Å². The van der Waals surface area contributed by atoms with Crippen molar-refractivity contribution in [3.8, 4) is 16.8 Å². The van der Waals surface area contributed by atoms with Crippen molar-refractivity contribution in [3.63, 3.8) is 0 Å². The molecule has 1 N–H and O–H groups in total. The van der Waals surface area contributed by atoms with Gasteiger partial charge in [0.05, 0.1) is 11.0 Å². The molecule has 0 amide bonds. The first-order valence-electron chi connectivity index (χ1n) is 11.3. The third-order valence-electron chi connectivity index (χ3n) is 7.05. The number of hydrogen-bond donors (Lipinski definition) is 1. The quantitative estimate of drug-likeness (QED) is 0.317. The summed E-state index contributed by atoms with van der Waals surface area (Å²) >= 11 is 0. The fraction of sp³-hybridized carbons (Fsp3) is 0.0323. The molecule has 0 radical (unpaired) electrons. The summed E-state index contributed by atoms with van der Waals surface area (Å²) in [5, 5.41) is 14.6. The summed E-state index contributed by atoms with van der Waals surface area (Å²) in [6.07, 6.45) is 0. The summed E-state index contributed by atoms with van der Waals surface area (Å²) in [6.45, 7) is 0. The van der Waals surface area contributed by atoms with Crippen LogP contribution in [0.1, 0.15) is 16.7 Å². The first kappa shape index (κ1) is 18.4. The molecule has 1 aliphatic carbocycles. The van der Waals surface area contributed by atoms with Crippen LogP contribution in [-0.4, -0.2) is 9.67 Å². The summed E-state index contributed by atoms with van der Waals surface area (Å²) in [7, 11) is 0. The van der Waals surface area contributed by atoms with Gasteiger partial charge in [-0.2, -0.15) is 0 Å². The van der Waals surface area contributed by atoms with Crippen LogP contribution < -0.4 is 0 Å². The summed E-state index contributed by atoms with van der Waals surface area (Å²) in [5.41, 5.74) is 7.25. The first-order chi connectivity index (χ1) is 16.3. The molecular weight excluding hydrogens is 402 g/mol. The van der Waals surface area contributed by atoms with E-state index >= 15 is 0 Å². The Balaban J connectivity index is 1.43. The van der Waals surface area contributed by atoms with Gasteiger partial charge >= 0.3 is 0 Å². The van der Waals surface area contributed by atoms with Crippen molar-refractivity contribution in [3.05, 3.63) is 138 Å². The highest BCUT2D eigenvalue weighted by Crippen LogP contribution is 2.50. The van der Waals surface area contributed by atoms with E-state index in [0.717, 1.165) is 33.5 Å². The molecule has 0 fully saturated rings. The second-order valence-corrected chi connectivity index (χ2v) is 8.72. The SMILES string of the molecule is OC1(c2ccc(-n3c4ccccc4c4ccccc43)cc2)c2ccccc2-c2ccccc21. The molecule has 7 rings (SSSR count). The highest BCUT2D eigenvalue weighted by atomic mass is 16.3. The van der Waals surface area contributed by atoms with E-state index in [4.69, 9.17) is 0 Å². The van der Waals surface area contributed by atoms with Crippen LogP contribution in [0.4, 0.5) is 0 Å². The maximum absolute atomic E-state index is 12.1. The molecule has 0 bridgehead atoms. The van der Waals surface area contributed by atoms with E-state index in [2.05, 4.69) is 89.5 Å². The van der Waals surface area contributed by atoms with E-state index in [-0.39, 0.29) is 0 Å². The minimum atomic E-state index is -1.16. The largest absolute Gasteiger partial charge is 0.376 e. The van der Waals surface area contributed by atoms with Crippen LogP contribution in [0.15, 0.2) is 121 Å². The fourth-order valence-electron chi connectivity index (χ4n) is 5.58. The van der Waals surface area contributed by atoms with Crippen LogP contribution in [0.3, 0.4) is 0 Å². The molecule has 0 unspecified atom stereocenters. The Kier molecular flexibility index (Phi) is 3.73. The van der Waals surface area contributed by atoms with Crippen LogP contribution >= 0.6 is 0 Å². The number of para-hydroxylation sites is 2. The Morgan fingerprint density at radius 1 is 0.485 bits per heavy atom. The van der Waals surface area contributed by atoms with Crippen molar-refractivity contribution in [1.29, 1.82) is 0 Å². The number of benzene rings is 5. The molecule has 5 aromatic carbocycles. The summed E-state index contributed by atoms with van der Waals surface area (Å²) < 4.78 is 2.30. The van der Waals surface area contributed by atoms with Crippen LogP contribution in [-0.2, 0) is 5.60 Å². The van der Waals surface area contributed by atoms with Gasteiger partial charge in [-0.15, -0.1) is 0 Å². The Bertz CT molecular complexity index is 1570. The first-order valence-corrected chi connectivity index (χ1v) is 11.3. The summed E-state index contributed by atoms with van der Waals surface area (Å²) in [6, 6.07) is 41.8. The highest BCUT2D eigenvalue weighted by Gasteiger charge is 2.42. The maximum Gasteiger partial charge on any atom is 0.141 e. The lowest BCUT2D eigenvalue weighted by atomic mass is 9.84. The van der Waals surface area contributed by atoms with Crippen molar-refractivity contribution < 1.29 is 5.11 Å². The van der Waals surface area contributed by atoms with Crippen LogP contribution in [0, 0.1) is 0 Å². The number of aromatic nitrogens is 1. The highest BCUT2D eigenvalue weighted by molar-refractivity contribution is 6.09. The van der Waals surface area contributed by atoms with Gasteiger partial charge in [-0.05, 0) is 41.0 Å². The predicted octanol–water partition coefficient (Wildman–Crippen LogP) is 7.05. The average Bonchev–Trinajstić information content (AvgIpc) is 3.36. The van der Waals surface area contributed by atoms with Gasteiger partial charge < -0.3 is 9.67 Å². The molecule has 0 atom stereocenters. The number of fused-ring (bicyclic) bond motifs is 6. The molecule has 6 aromatic rings. The topological polar surface area (TPSA) is 25.2 Å². The minimum absolute atomic E-state index is 0.879. The fourth-order valence-corrected chi connectivity index (χ4v) is 5.58. The van der Waals surface area contributed by atoms with E-state index in [1.54, 1.807) is 0 Å². The Morgan fingerprint density at radius 2 is 0.939 bits per heavy atom. The second kappa shape index (κ2) is 6.68. The van der Waals surface area contributed by atoms with Crippen LogP contribution in [0.5, 0.6) is 0 Å². The Hall–Kier alpha value is -4.14. The van der Waals surface area contributed by atoms with Crippen molar-refractivity contribution in [2.45, 2.75) is 5.60 Å². The molecule has 1 heterocycles. The van der Waals surface area contributed by atoms with Gasteiger partial charge in [0.25, 0.3) is 0 Å². The molecule has 1 aromatic heterocycles. The number of rotatable bonds is 2. The number of hydrogen-bond acceptors (Lipinski definition) is 1. The van der Waals surface area contributed by atoms with Crippen molar-refractivity contribution in [2.24, 2.45) is 0 Å². The van der Waals surface area contributed by atoms with E-state index in [1.807, 2.05) is 36.4 Å². The molecule has 0 spiro atoms. The van der Waals surface area contributed by atoms with Crippen molar-refractivity contribution >= 4 is 21.8 Å². The lowest BCUT2D eigenvalue weighted by molar-refractivity contribution is 0.131. The van der Waals surface area contributed by atoms with E-state index in [0.29, 0.717) is 0 Å². The van der Waals surface area contributed by atoms with Gasteiger partial charge in [0.2, 0.25) is 0 Å².